The molecular weight excluding hydrogens is 248 g/mol. The zero-order chi connectivity index (χ0) is 14.4. The van der Waals surface area contributed by atoms with Gasteiger partial charge in [-0.25, -0.2) is 0 Å². The van der Waals surface area contributed by atoms with Gasteiger partial charge in [-0.15, -0.1) is 0 Å². The highest BCUT2D eigenvalue weighted by Gasteiger charge is 2.16. The van der Waals surface area contributed by atoms with Gasteiger partial charge in [-0.2, -0.15) is 0 Å². The molecule has 1 rings (SSSR count). The van der Waals surface area contributed by atoms with E-state index in [9.17, 15) is 0 Å². The quantitative estimate of drug-likeness (QED) is 0.701. The van der Waals surface area contributed by atoms with Gasteiger partial charge in [-0.1, -0.05) is 23.9 Å². The van der Waals surface area contributed by atoms with Crippen LogP contribution in [0, 0.1) is 0 Å². The van der Waals surface area contributed by atoms with Crippen LogP contribution in [0.5, 0.6) is 0 Å². The minimum absolute atomic E-state index is 0.941. The van der Waals surface area contributed by atoms with E-state index in [4.69, 9.17) is 0 Å². The maximum Gasteiger partial charge on any atom is 0.0712 e. The Balaban J connectivity index is 3.45. The standard InChI is InChI=1S/C16H25N2Si/c1-6-17(7-2)15-12-10-11-14(13(5)19)16(15)18(8-3)9-4/h10-12H,5-9H2,1-4H3. The summed E-state index contributed by atoms with van der Waals surface area (Å²) in [6, 6.07) is 6.45. The summed E-state index contributed by atoms with van der Waals surface area (Å²) in [5.41, 5.74) is 3.77. The molecule has 2 nitrogen and oxygen atoms in total. The summed E-state index contributed by atoms with van der Waals surface area (Å²) in [7, 11) is 3.60. The normalized spacial score (nSPS) is 10.4. The molecule has 0 saturated heterocycles. The van der Waals surface area contributed by atoms with Gasteiger partial charge >= 0.3 is 0 Å². The lowest BCUT2D eigenvalue weighted by Crippen LogP contribution is -2.29. The van der Waals surface area contributed by atoms with Gasteiger partial charge < -0.3 is 9.80 Å². The summed E-state index contributed by atoms with van der Waals surface area (Å²) in [4.78, 5) is 4.79. The number of anilines is 2. The maximum atomic E-state index is 4.06. The van der Waals surface area contributed by atoms with Crippen LogP contribution >= 0.6 is 0 Å². The van der Waals surface area contributed by atoms with Crippen molar-refractivity contribution >= 4 is 26.8 Å². The molecule has 0 spiro atoms. The highest BCUT2D eigenvalue weighted by atomic mass is 28.1. The van der Waals surface area contributed by atoms with Gasteiger partial charge in [-0.05, 0) is 39.3 Å². The molecule has 0 aliphatic heterocycles. The van der Waals surface area contributed by atoms with E-state index in [-0.39, 0.29) is 0 Å². The average Bonchev–Trinajstić information content (AvgIpc) is 2.42. The lowest BCUT2D eigenvalue weighted by molar-refractivity contribution is 0.832. The number of para-hydroxylation sites is 1. The minimum atomic E-state index is 0.941. The molecule has 0 fully saturated rings. The van der Waals surface area contributed by atoms with Crippen molar-refractivity contribution in [3.8, 4) is 0 Å². The third-order valence-corrected chi connectivity index (χ3v) is 3.79. The molecule has 0 aliphatic rings. The molecule has 0 heterocycles. The largest absolute Gasteiger partial charge is 0.370 e. The molecule has 1 aromatic rings. The second kappa shape index (κ2) is 7.39. The van der Waals surface area contributed by atoms with Crippen molar-refractivity contribution in [3.05, 3.63) is 30.3 Å². The predicted octanol–water partition coefficient (Wildman–Crippen LogP) is 3.52. The third kappa shape index (κ3) is 3.41. The maximum absolute atomic E-state index is 4.06. The first-order valence-corrected chi connectivity index (χ1v) is 7.64. The molecular formula is C16H25N2Si. The topological polar surface area (TPSA) is 6.48 Å². The number of nitrogens with zero attached hydrogens (tertiary/aromatic N) is 2. The van der Waals surface area contributed by atoms with Crippen LogP contribution in [0.25, 0.3) is 5.20 Å². The predicted molar refractivity (Wildman–Crippen MR) is 88.4 cm³/mol. The fourth-order valence-electron chi connectivity index (χ4n) is 2.47. The zero-order valence-electron chi connectivity index (χ0n) is 12.7. The summed E-state index contributed by atoms with van der Waals surface area (Å²) in [6.07, 6.45) is 0. The summed E-state index contributed by atoms with van der Waals surface area (Å²) in [5.74, 6) is 0. The van der Waals surface area contributed by atoms with E-state index in [0.29, 0.717) is 0 Å². The van der Waals surface area contributed by atoms with Crippen molar-refractivity contribution in [2.24, 2.45) is 0 Å². The zero-order valence-corrected chi connectivity index (χ0v) is 13.7. The number of hydrogen-bond donors (Lipinski definition) is 0. The Morgan fingerprint density at radius 3 is 1.95 bits per heavy atom. The van der Waals surface area contributed by atoms with Crippen LogP contribution in [0.15, 0.2) is 24.8 Å². The van der Waals surface area contributed by atoms with Crippen LogP contribution in [-0.2, 0) is 0 Å². The molecule has 19 heavy (non-hydrogen) atoms. The van der Waals surface area contributed by atoms with Crippen molar-refractivity contribution in [1.29, 1.82) is 0 Å². The molecule has 0 bridgehead atoms. The Morgan fingerprint density at radius 2 is 1.53 bits per heavy atom. The molecule has 0 saturated carbocycles. The summed E-state index contributed by atoms with van der Waals surface area (Å²) in [5, 5.41) is 0.941. The SMILES string of the molecule is C=C([Si])c1cccc(N(CC)CC)c1N(CC)CC. The first kappa shape index (κ1) is 15.8. The Hall–Kier alpha value is -1.22. The lowest BCUT2D eigenvalue weighted by Gasteiger charge is -2.32. The smallest absolute Gasteiger partial charge is 0.0712 e. The van der Waals surface area contributed by atoms with Gasteiger partial charge in [-0.3, -0.25) is 0 Å². The van der Waals surface area contributed by atoms with Gasteiger partial charge in [0.1, 0.15) is 0 Å². The van der Waals surface area contributed by atoms with Crippen LogP contribution in [0.4, 0.5) is 11.4 Å². The molecule has 1 aromatic carbocycles. The van der Waals surface area contributed by atoms with Crippen LogP contribution in [0.1, 0.15) is 33.3 Å². The van der Waals surface area contributed by atoms with Crippen LogP contribution < -0.4 is 9.80 Å². The Bertz CT molecular complexity index is 421. The number of benzene rings is 1. The summed E-state index contributed by atoms with van der Waals surface area (Å²) in [6.45, 7) is 16.9. The van der Waals surface area contributed by atoms with E-state index in [1.165, 1.54) is 16.9 Å². The third-order valence-electron chi connectivity index (χ3n) is 3.52. The average molecular weight is 273 g/mol. The summed E-state index contributed by atoms with van der Waals surface area (Å²) >= 11 is 0. The Labute approximate surface area is 121 Å². The lowest BCUT2D eigenvalue weighted by atomic mass is 10.1. The van der Waals surface area contributed by atoms with Crippen LogP contribution in [0.2, 0.25) is 0 Å². The van der Waals surface area contributed by atoms with Crippen molar-refractivity contribution in [2.75, 3.05) is 36.0 Å². The molecule has 103 valence electrons. The van der Waals surface area contributed by atoms with Crippen LogP contribution in [0.3, 0.4) is 0 Å². The molecule has 0 aliphatic carbocycles. The van der Waals surface area contributed by atoms with E-state index >= 15 is 0 Å². The molecule has 0 atom stereocenters. The summed E-state index contributed by atoms with van der Waals surface area (Å²) < 4.78 is 0. The fraction of sp³-hybridized carbons (Fsp3) is 0.500. The monoisotopic (exact) mass is 273 g/mol. The molecule has 0 amide bonds. The van der Waals surface area contributed by atoms with Crippen molar-refractivity contribution in [1.82, 2.24) is 0 Å². The molecule has 3 heteroatoms. The second-order valence-electron chi connectivity index (χ2n) is 4.50. The Kier molecular flexibility index (Phi) is 6.16. The van der Waals surface area contributed by atoms with E-state index in [1.807, 2.05) is 0 Å². The highest BCUT2D eigenvalue weighted by molar-refractivity contribution is 6.42. The molecule has 0 aromatic heterocycles. The number of hydrogen-bond acceptors (Lipinski definition) is 2. The second-order valence-corrected chi connectivity index (χ2v) is 5.10. The molecule has 3 radical (unpaired) electrons. The fourth-order valence-corrected chi connectivity index (χ4v) is 2.67. The van der Waals surface area contributed by atoms with Gasteiger partial charge in [0, 0.05) is 26.2 Å². The first-order valence-electron chi connectivity index (χ1n) is 7.14. The van der Waals surface area contributed by atoms with Crippen LogP contribution in [-0.4, -0.2) is 36.4 Å². The van der Waals surface area contributed by atoms with Gasteiger partial charge in [0.25, 0.3) is 0 Å². The minimum Gasteiger partial charge on any atom is -0.370 e. The van der Waals surface area contributed by atoms with Crippen molar-refractivity contribution in [3.63, 3.8) is 0 Å². The molecule has 0 unspecified atom stereocenters. The van der Waals surface area contributed by atoms with Crippen molar-refractivity contribution in [2.45, 2.75) is 27.7 Å². The van der Waals surface area contributed by atoms with E-state index in [0.717, 1.165) is 31.4 Å². The van der Waals surface area contributed by atoms with E-state index in [1.54, 1.807) is 0 Å². The van der Waals surface area contributed by atoms with E-state index < -0.39 is 0 Å². The van der Waals surface area contributed by atoms with Gasteiger partial charge in [0.15, 0.2) is 0 Å². The Morgan fingerprint density at radius 1 is 1.00 bits per heavy atom. The first-order chi connectivity index (χ1) is 9.10. The van der Waals surface area contributed by atoms with Gasteiger partial charge in [0.2, 0.25) is 0 Å². The molecule has 0 N–H and O–H groups in total. The van der Waals surface area contributed by atoms with E-state index in [2.05, 4.69) is 72.5 Å². The highest BCUT2D eigenvalue weighted by Crippen LogP contribution is 2.35. The van der Waals surface area contributed by atoms with Crippen molar-refractivity contribution < 1.29 is 0 Å². The van der Waals surface area contributed by atoms with Gasteiger partial charge in [0.05, 0.1) is 21.6 Å². The number of rotatable bonds is 7.